The molecule has 0 radical (unpaired) electrons. The lowest BCUT2D eigenvalue weighted by atomic mass is 10.2. The molecule has 13 heavy (non-hydrogen) atoms. The summed E-state index contributed by atoms with van der Waals surface area (Å²) in [4.78, 5) is 12.0. The number of carbonyl (C=O) groups is 1. The zero-order valence-corrected chi connectivity index (χ0v) is 7.48. The zero-order valence-electron chi connectivity index (χ0n) is 6.72. The van der Waals surface area contributed by atoms with Gasteiger partial charge >= 0.3 is 6.09 Å². The topological polar surface area (TPSA) is 73.1 Å². The van der Waals surface area contributed by atoms with E-state index in [0.717, 1.165) is 6.42 Å². The molecule has 2 rings (SSSR count). The highest BCUT2D eigenvalue weighted by molar-refractivity contribution is 6.66. The molecule has 2 fully saturated rings. The van der Waals surface area contributed by atoms with Crippen LogP contribution in [0.15, 0.2) is 5.16 Å². The highest BCUT2D eigenvalue weighted by atomic mass is 35.5. The van der Waals surface area contributed by atoms with E-state index in [1.165, 1.54) is 4.90 Å². The summed E-state index contributed by atoms with van der Waals surface area (Å²) in [5.74, 6) is 0.677. The molecule has 3 atom stereocenters. The number of carboxylic acid groups (broad SMARTS) is 1. The number of hydrogen-bond donors (Lipinski definition) is 2. The fourth-order valence-corrected chi connectivity index (χ4v) is 2.31. The molecule has 1 aliphatic heterocycles. The molecule has 2 aliphatic rings. The van der Waals surface area contributed by atoms with Crippen LogP contribution >= 0.6 is 11.6 Å². The molecule has 0 spiro atoms. The number of rotatable bonds is 1. The van der Waals surface area contributed by atoms with E-state index in [2.05, 4.69) is 5.16 Å². The number of likely N-dealkylation sites (tertiary alicyclic amines) is 1. The van der Waals surface area contributed by atoms with E-state index in [1.807, 2.05) is 0 Å². The van der Waals surface area contributed by atoms with E-state index in [0.29, 0.717) is 12.5 Å². The maximum Gasteiger partial charge on any atom is 0.407 e. The molecule has 1 amide bonds. The van der Waals surface area contributed by atoms with Gasteiger partial charge in [0.05, 0.1) is 6.04 Å². The summed E-state index contributed by atoms with van der Waals surface area (Å²) in [6.07, 6.45) is -0.0146. The molecule has 6 heteroatoms. The van der Waals surface area contributed by atoms with Crippen molar-refractivity contribution < 1.29 is 15.1 Å². The van der Waals surface area contributed by atoms with Crippen molar-refractivity contribution in [3.05, 3.63) is 0 Å². The minimum atomic E-state index is -1.00. The highest BCUT2D eigenvalue weighted by Gasteiger charge is 2.56. The summed E-state index contributed by atoms with van der Waals surface area (Å²) < 4.78 is 0. The first kappa shape index (κ1) is 8.62. The highest BCUT2D eigenvalue weighted by Crippen LogP contribution is 2.50. The molecule has 0 bridgehead atoms. The van der Waals surface area contributed by atoms with Crippen LogP contribution in [0.1, 0.15) is 6.42 Å². The molecular formula is C7H9ClN2O3. The van der Waals surface area contributed by atoms with Crippen LogP contribution < -0.4 is 0 Å². The van der Waals surface area contributed by atoms with E-state index >= 15 is 0 Å². The van der Waals surface area contributed by atoms with E-state index in [-0.39, 0.29) is 11.1 Å². The summed E-state index contributed by atoms with van der Waals surface area (Å²) in [6.45, 7) is 0.510. The largest absolute Gasteiger partial charge is 0.465 e. The van der Waals surface area contributed by atoms with Crippen molar-refractivity contribution in [2.45, 2.75) is 12.5 Å². The van der Waals surface area contributed by atoms with Gasteiger partial charge in [0.15, 0.2) is 5.17 Å². The lowest BCUT2D eigenvalue weighted by Crippen LogP contribution is -2.41. The van der Waals surface area contributed by atoms with Gasteiger partial charge in [-0.2, -0.15) is 0 Å². The Hall–Kier alpha value is -0.970. The van der Waals surface area contributed by atoms with Crippen molar-refractivity contribution in [3.8, 4) is 0 Å². The molecular weight excluding hydrogens is 196 g/mol. The number of oxime groups is 1. The Balaban J connectivity index is 2.18. The third kappa shape index (κ3) is 1.23. The zero-order chi connectivity index (χ0) is 9.59. The number of nitrogens with zero attached hydrogens (tertiary/aromatic N) is 2. The summed E-state index contributed by atoms with van der Waals surface area (Å²) in [5, 5.41) is 20.1. The minimum Gasteiger partial charge on any atom is -0.465 e. The standard InChI is InChI=1S/C7H9ClN2O3/c8-6(9-13)5-4-1-3(4)2-10(5)7(11)12/h3-5,13H,1-2H2,(H,11,12)/b9-6+/t3-,4-,5-/m1/s1. The lowest BCUT2D eigenvalue weighted by Gasteiger charge is -2.22. The van der Waals surface area contributed by atoms with Gasteiger partial charge in [0.25, 0.3) is 0 Å². The van der Waals surface area contributed by atoms with Gasteiger partial charge in [-0.15, -0.1) is 0 Å². The Labute approximate surface area is 79.6 Å². The van der Waals surface area contributed by atoms with E-state index < -0.39 is 12.1 Å². The van der Waals surface area contributed by atoms with Crippen molar-refractivity contribution in [1.82, 2.24) is 4.90 Å². The van der Waals surface area contributed by atoms with Gasteiger partial charge in [-0.05, 0) is 18.3 Å². The van der Waals surface area contributed by atoms with Gasteiger partial charge < -0.3 is 10.3 Å². The summed E-state index contributed by atoms with van der Waals surface area (Å²) >= 11 is 5.63. The first-order valence-electron chi connectivity index (χ1n) is 4.02. The molecule has 0 aromatic heterocycles. The molecule has 1 aliphatic carbocycles. The summed E-state index contributed by atoms with van der Waals surface area (Å²) in [5.41, 5.74) is 0. The second-order valence-electron chi connectivity index (χ2n) is 3.46. The molecule has 1 saturated carbocycles. The maximum atomic E-state index is 10.7. The van der Waals surface area contributed by atoms with Crippen molar-refractivity contribution in [1.29, 1.82) is 0 Å². The Morgan fingerprint density at radius 1 is 1.62 bits per heavy atom. The molecule has 1 saturated heterocycles. The van der Waals surface area contributed by atoms with Gasteiger partial charge in [0.1, 0.15) is 0 Å². The Morgan fingerprint density at radius 2 is 2.31 bits per heavy atom. The van der Waals surface area contributed by atoms with Gasteiger partial charge in [-0.3, -0.25) is 4.90 Å². The third-order valence-electron chi connectivity index (χ3n) is 2.74. The normalized spacial score (nSPS) is 37.5. The van der Waals surface area contributed by atoms with Crippen LogP contribution in [0, 0.1) is 11.8 Å². The lowest BCUT2D eigenvalue weighted by molar-refractivity contribution is 0.143. The van der Waals surface area contributed by atoms with Gasteiger partial charge in [0.2, 0.25) is 0 Å². The summed E-state index contributed by atoms with van der Waals surface area (Å²) in [6, 6.07) is -0.422. The van der Waals surface area contributed by atoms with Crippen LogP contribution in [0.25, 0.3) is 0 Å². The van der Waals surface area contributed by atoms with E-state index in [9.17, 15) is 4.79 Å². The monoisotopic (exact) mass is 204 g/mol. The first-order chi connectivity index (χ1) is 6.15. The predicted molar refractivity (Wildman–Crippen MR) is 45.2 cm³/mol. The molecule has 5 nitrogen and oxygen atoms in total. The third-order valence-corrected chi connectivity index (χ3v) is 3.03. The second-order valence-corrected chi connectivity index (χ2v) is 3.85. The average molecular weight is 205 g/mol. The van der Waals surface area contributed by atoms with E-state index in [4.69, 9.17) is 21.9 Å². The minimum absolute atomic E-state index is 0.0209. The predicted octanol–water partition coefficient (Wildman–Crippen LogP) is 1.01. The second kappa shape index (κ2) is 2.77. The average Bonchev–Trinajstić information content (AvgIpc) is 2.76. The molecule has 0 unspecified atom stereocenters. The van der Waals surface area contributed by atoms with Crippen LogP contribution in [-0.4, -0.2) is 39.1 Å². The van der Waals surface area contributed by atoms with Crippen LogP contribution in [0.5, 0.6) is 0 Å². The van der Waals surface area contributed by atoms with E-state index in [1.54, 1.807) is 0 Å². The number of fused-ring (bicyclic) bond motifs is 1. The number of amides is 1. The van der Waals surface area contributed by atoms with Crippen LogP contribution in [0.3, 0.4) is 0 Å². The number of piperidine rings is 1. The van der Waals surface area contributed by atoms with Crippen molar-refractivity contribution in [2.75, 3.05) is 6.54 Å². The SMILES string of the molecule is O=C(O)N1C[C@H]2C[C@H]2[C@@H]1/C(Cl)=N\O. The van der Waals surface area contributed by atoms with Crippen LogP contribution in [0.2, 0.25) is 0 Å². The quantitative estimate of drug-likeness (QED) is 0.380. The smallest absolute Gasteiger partial charge is 0.407 e. The number of hydrogen-bond acceptors (Lipinski definition) is 3. The van der Waals surface area contributed by atoms with Crippen LogP contribution in [0.4, 0.5) is 4.79 Å². The maximum absolute atomic E-state index is 10.7. The fraction of sp³-hybridized carbons (Fsp3) is 0.714. The van der Waals surface area contributed by atoms with Gasteiger partial charge in [-0.1, -0.05) is 16.8 Å². The molecule has 0 aromatic carbocycles. The number of halogens is 1. The Morgan fingerprint density at radius 3 is 2.85 bits per heavy atom. The van der Waals surface area contributed by atoms with Gasteiger partial charge in [0, 0.05) is 6.54 Å². The van der Waals surface area contributed by atoms with Crippen LogP contribution in [-0.2, 0) is 0 Å². The van der Waals surface area contributed by atoms with Crippen molar-refractivity contribution >= 4 is 22.9 Å². The summed E-state index contributed by atoms with van der Waals surface area (Å²) in [7, 11) is 0. The fourth-order valence-electron chi connectivity index (χ4n) is 2.03. The van der Waals surface area contributed by atoms with Crippen molar-refractivity contribution in [2.24, 2.45) is 17.0 Å². The Bertz CT molecular complexity index is 281. The molecule has 0 aromatic rings. The Kier molecular flexibility index (Phi) is 1.83. The first-order valence-corrected chi connectivity index (χ1v) is 4.40. The molecule has 1 heterocycles. The van der Waals surface area contributed by atoms with Gasteiger partial charge in [-0.25, -0.2) is 4.79 Å². The molecule has 2 N–H and O–H groups in total. The van der Waals surface area contributed by atoms with Crippen molar-refractivity contribution in [3.63, 3.8) is 0 Å². The molecule has 72 valence electrons.